The van der Waals surface area contributed by atoms with Crippen molar-refractivity contribution in [2.75, 3.05) is 19.5 Å². The van der Waals surface area contributed by atoms with Crippen molar-refractivity contribution in [3.05, 3.63) is 70.0 Å². The predicted octanol–water partition coefficient (Wildman–Crippen LogP) is 4.47. The fourth-order valence-corrected chi connectivity index (χ4v) is 3.27. The first kappa shape index (κ1) is 19.8. The van der Waals surface area contributed by atoms with E-state index in [1.54, 1.807) is 37.1 Å². The molecule has 2 aromatic carbocycles. The highest BCUT2D eigenvalue weighted by molar-refractivity contribution is 6.31. The van der Waals surface area contributed by atoms with Gasteiger partial charge < -0.3 is 14.8 Å². The van der Waals surface area contributed by atoms with Crippen LogP contribution in [0, 0.1) is 13.8 Å². The quantitative estimate of drug-likeness (QED) is 0.664. The van der Waals surface area contributed by atoms with Gasteiger partial charge in [-0.2, -0.15) is 5.10 Å². The molecule has 7 heteroatoms. The summed E-state index contributed by atoms with van der Waals surface area (Å²) in [6, 6.07) is 12.8. The van der Waals surface area contributed by atoms with Crippen LogP contribution in [0.2, 0.25) is 5.02 Å². The second kappa shape index (κ2) is 8.35. The number of ether oxygens (including phenoxy) is 2. The van der Waals surface area contributed by atoms with Crippen molar-refractivity contribution in [2.45, 2.75) is 20.4 Å². The Bertz CT molecular complexity index is 1010. The Morgan fingerprint density at radius 3 is 2.50 bits per heavy atom. The zero-order valence-corrected chi connectivity index (χ0v) is 17.0. The molecule has 1 aromatic heterocycles. The first-order chi connectivity index (χ1) is 13.4. The van der Waals surface area contributed by atoms with Crippen molar-refractivity contribution in [1.29, 1.82) is 0 Å². The molecule has 0 saturated heterocycles. The normalized spacial score (nSPS) is 10.6. The van der Waals surface area contributed by atoms with Crippen LogP contribution in [0.4, 0.5) is 5.69 Å². The third-order valence-electron chi connectivity index (χ3n) is 4.53. The number of carbonyl (C=O) groups is 1. The van der Waals surface area contributed by atoms with Gasteiger partial charge in [0.05, 0.1) is 32.0 Å². The van der Waals surface area contributed by atoms with Crippen molar-refractivity contribution in [3.63, 3.8) is 0 Å². The van der Waals surface area contributed by atoms with E-state index in [9.17, 15) is 4.79 Å². The average molecular weight is 400 g/mol. The van der Waals surface area contributed by atoms with Crippen LogP contribution in [0.5, 0.6) is 11.5 Å². The van der Waals surface area contributed by atoms with E-state index in [4.69, 9.17) is 21.1 Å². The van der Waals surface area contributed by atoms with Crippen molar-refractivity contribution >= 4 is 23.2 Å². The molecule has 3 rings (SSSR count). The molecule has 1 amide bonds. The van der Waals surface area contributed by atoms with Gasteiger partial charge in [-0.1, -0.05) is 29.8 Å². The summed E-state index contributed by atoms with van der Waals surface area (Å²) in [7, 11) is 3.12. The Labute approximate surface area is 169 Å². The van der Waals surface area contributed by atoms with E-state index >= 15 is 0 Å². The van der Waals surface area contributed by atoms with Gasteiger partial charge in [-0.05, 0) is 37.6 Å². The van der Waals surface area contributed by atoms with E-state index in [1.165, 1.54) is 0 Å². The van der Waals surface area contributed by atoms with Crippen molar-refractivity contribution in [1.82, 2.24) is 9.78 Å². The molecule has 0 bridgehead atoms. The maximum atomic E-state index is 12.9. The predicted molar refractivity (Wildman–Crippen MR) is 110 cm³/mol. The monoisotopic (exact) mass is 399 g/mol. The molecule has 1 N–H and O–H groups in total. The Balaban J connectivity index is 1.85. The SMILES string of the molecule is COc1ccc(NC(=O)c2c(C)nn(Cc3ccccc3Cl)c2C)cc1OC. The highest BCUT2D eigenvalue weighted by Crippen LogP contribution is 2.30. The third kappa shape index (κ3) is 3.97. The van der Waals surface area contributed by atoms with Crippen LogP contribution in [0.1, 0.15) is 27.3 Å². The molecule has 0 atom stereocenters. The molecule has 28 heavy (non-hydrogen) atoms. The van der Waals surface area contributed by atoms with Gasteiger partial charge in [-0.15, -0.1) is 0 Å². The Hall–Kier alpha value is -2.99. The molecule has 0 spiro atoms. The molecule has 1 heterocycles. The zero-order valence-electron chi connectivity index (χ0n) is 16.2. The molecule has 0 unspecified atom stereocenters. The largest absolute Gasteiger partial charge is 0.493 e. The lowest BCUT2D eigenvalue weighted by atomic mass is 10.1. The van der Waals surface area contributed by atoms with E-state index in [1.807, 2.05) is 38.1 Å². The summed E-state index contributed by atoms with van der Waals surface area (Å²) in [6.45, 7) is 4.19. The highest BCUT2D eigenvalue weighted by Gasteiger charge is 2.20. The minimum atomic E-state index is -0.229. The number of benzene rings is 2. The van der Waals surface area contributed by atoms with Crippen LogP contribution in [0.3, 0.4) is 0 Å². The van der Waals surface area contributed by atoms with Gasteiger partial charge in [0.1, 0.15) is 0 Å². The number of aromatic nitrogens is 2. The van der Waals surface area contributed by atoms with Crippen LogP contribution in [0.25, 0.3) is 0 Å². The molecule has 3 aromatic rings. The number of halogens is 1. The molecular formula is C21H22ClN3O3. The summed E-state index contributed by atoms with van der Waals surface area (Å²) >= 11 is 6.25. The Morgan fingerprint density at radius 2 is 1.82 bits per heavy atom. The van der Waals surface area contributed by atoms with Crippen LogP contribution < -0.4 is 14.8 Å². The summed E-state index contributed by atoms with van der Waals surface area (Å²) in [4.78, 5) is 12.9. The summed E-state index contributed by atoms with van der Waals surface area (Å²) in [6.07, 6.45) is 0. The van der Waals surface area contributed by atoms with Crippen molar-refractivity contribution < 1.29 is 14.3 Å². The number of aryl methyl sites for hydroxylation is 1. The fraction of sp³-hybridized carbons (Fsp3) is 0.238. The van der Waals surface area contributed by atoms with Crippen LogP contribution in [-0.2, 0) is 6.54 Å². The molecule has 146 valence electrons. The lowest BCUT2D eigenvalue weighted by Crippen LogP contribution is -2.14. The Kier molecular flexibility index (Phi) is 5.90. The molecule has 0 aliphatic rings. The standard InChI is InChI=1S/C21H22ClN3O3/c1-13-20(14(2)25(24-13)12-15-7-5-6-8-17(15)22)21(26)23-16-9-10-18(27-3)19(11-16)28-4/h5-11H,12H2,1-4H3,(H,23,26). The van der Waals surface area contributed by atoms with Gasteiger partial charge in [0, 0.05) is 22.5 Å². The third-order valence-corrected chi connectivity index (χ3v) is 4.90. The summed E-state index contributed by atoms with van der Waals surface area (Å²) in [5, 5.41) is 8.10. The molecule has 0 aliphatic heterocycles. The number of rotatable bonds is 6. The number of amides is 1. The number of nitrogens with zero attached hydrogens (tertiary/aromatic N) is 2. The lowest BCUT2D eigenvalue weighted by Gasteiger charge is -2.11. The van der Waals surface area contributed by atoms with E-state index in [0.717, 1.165) is 11.3 Å². The molecular weight excluding hydrogens is 378 g/mol. The van der Waals surface area contributed by atoms with E-state index < -0.39 is 0 Å². The molecule has 0 radical (unpaired) electrons. The van der Waals surface area contributed by atoms with Gasteiger partial charge in [-0.3, -0.25) is 9.48 Å². The minimum Gasteiger partial charge on any atom is -0.493 e. The lowest BCUT2D eigenvalue weighted by molar-refractivity contribution is 0.102. The fourth-order valence-electron chi connectivity index (χ4n) is 3.08. The second-order valence-corrected chi connectivity index (χ2v) is 6.73. The molecule has 0 fully saturated rings. The number of nitrogens with one attached hydrogen (secondary N) is 1. The second-order valence-electron chi connectivity index (χ2n) is 6.32. The first-order valence-corrected chi connectivity index (χ1v) is 9.13. The molecule has 0 aliphatic carbocycles. The summed E-state index contributed by atoms with van der Waals surface area (Å²) in [5.74, 6) is 0.913. The highest BCUT2D eigenvalue weighted by atomic mass is 35.5. The zero-order chi connectivity index (χ0) is 20.3. The first-order valence-electron chi connectivity index (χ1n) is 8.75. The van der Waals surface area contributed by atoms with Gasteiger partial charge in [0.2, 0.25) is 0 Å². The summed E-state index contributed by atoms with van der Waals surface area (Å²) < 4.78 is 12.3. The molecule has 6 nitrogen and oxygen atoms in total. The number of methoxy groups -OCH3 is 2. The van der Waals surface area contributed by atoms with Crippen LogP contribution in [0.15, 0.2) is 42.5 Å². The van der Waals surface area contributed by atoms with Crippen molar-refractivity contribution in [3.8, 4) is 11.5 Å². The Morgan fingerprint density at radius 1 is 1.11 bits per heavy atom. The van der Waals surface area contributed by atoms with Crippen molar-refractivity contribution in [2.24, 2.45) is 0 Å². The van der Waals surface area contributed by atoms with E-state index in [-0.39, 0.29) is 5.91 Å². The maximum Gasteiger partial charge on any atom is 0.259 e. The number of anilines is 1. The van der Waals surface area contributed by atoms with Gasteiger partial charge in [0.15, 0.2) is 11.5 Å². The number of hydrogen-bond acceptors (Lipinski definition) is 4. The smallest absolute Gasteiger partial charge is 0.259 e. The van der Waals surface area contributed by atoms with Crippen LogP contribution >= 0.6 is 11.6 Å². The minimum absolute atomic E-state index is 0.229. The number of hydrogen-bond donors (Lipinski definition) is 1. The number of carbonyl (C=O) groups excluding carboxylic acids is 1. The molecule has 0 saturated carbocycles. The van der Waals surface area contributed by atoms with Gasteiger partial charge >= 0.3 is 0 Å². The maximum absolute atomic E-state index is 12.9. The van der Waals surface area contributed by atoms with Gasteiger partial charge in [0.25, 0.3) is 5.91 Å². The van der Waals surface area contributed by atoms with E-state index in [0.29, 0.717) is 40.0 Å². The topological polar surface area (TPSA) is 65.4 Å². The van der Waals surface area contributed by atoms with Gasteiger partial charge in [-0.25, -0.2) is 0 Å². The van der Waals surface area contributed by atoms with E-state index in [2.05, 4.69) is 10.4 Å². The van der Waals surface area contributed by atoms with Crippen LogP contribution in [-0.4, -0.2) is 29.9 Å². The average Bonchev–Trinajstić information content (AvgIpc) is 2.96. The summed E-state index contributed by atoms with van der Waals surface area (Å²) in [5.41, 5.74) is 3.53.